The van der Waals surface area contributed by atoms with E-state index in [1.165, 1.54) is 11.1 Å². The number of sulfone groups is 1. The summed E-state index contributed by atoms with van der Waals surface area (Å²) in [7, 11) is -3.09. The predicted octanol–water partition coefficient (Wildman–Crippen LogP) is 2.40. The summed E-state index contributed by atoms with van der Waals surface area (Å²) in [6, 6.07) is 8.18. The second-order valence-corrected chi connectivity index (χ2v) is 11.1. The van der Waals surface area contributed by atoms with Gasteiger partial charge in [0.15, 0.2) is 15.8 Å². The smallest absolute Gasteiger partial charge is 0.223 e. The van der Waals surface area contributed by atoms with Crippen LogP contribution in [-0.4, -0.2) is 66.8 Å². The Morgan fingerprint density at radius 1 is 1.17 bits per heavy atom. The Kier molecular flexibility index (Phi) is 8.55. The Hall–Kier alpha value is -1.36. The van der Waals surface area contributed by atoms with Crippen molar-refractivity contribution in [3.63, 3.8) is 0 Å². The molecule has 0 spiro atoms. The number of hydrogen-bond donors (Lipinski definition) is 1. The first-order valence-corrected chi connectivity index (χ1v) is 12.0. The van der Waals surface area contributed by atoms with Gasteiger partial charge in [0, 0.05) is 45.7 Å². The van der Waals surface area contributed by atoms with Gasteiger partial charge < -0.3 is 15.1 Å². The third kappa shape index (κ3) is 5.66. The maximum Gasteiger partial charge on any atom is 0.223 e. The van der Waals surface area contributed by atoms with Crippen LogP contribution in [0.15, 0.2) is 29.3 Å². The number of rotatable bonds is 5. The summed E-state index contributed by atoms with van der Waals surface area (Å²) in [4.78, 5) is 21.1. The van der Waals surface area contributed by atoms with Gasteiger partial charge in [-0.25, -0.2) is 8.42 Å². The molecule has 1 saturated heterocycles. The van der Waals surface area contributed by atoms with E-state index in [2.05, 4.69) is 22.4 Å². The molecule has 1 amide bonds. The number of carbonyl (C=O) groups is 1. The van der Waals surface area contributed by atoms with Crippen molar-refractivity contribution >= 4 is 45.7 Å². The zero-order chi connectivity index (χ0) is 21.1. The van der Waals surface area contributed by atoms with Crippen molar-refractivity contribution in [2.75, 3.05) is 31.9 Å². The van der Waals surface area contributed by atoms with Crippen LogP contribution >= 0.6 is 24.0 Å². The van der Waals surface area contributed by atoms with Gasteiger partial charge in [-0.15, -0.1) is 24.0 Å². The SMILES string of the molecule is CCNC(=NCCCC(=O)N1Cc2ccccc2C1)N1CCS(=O)(=O)C(C)(C)C1.I. The molecule has 168 valence electrons. The molecule has 2 heterocycles. The zero-order valence-corrected chi connectivity index (χ0v) is 21.2. The molecule has 0 aliphatic carbocycles. The van der Waals surface area contributed by atoms with Crippen LogP contribution in [0.1, 0.15) is 44.7 Å². The van der Waals surface area contributed by atoms with Crippen LogP contribution in [0.2, 0.25) is 0 Å². The van der Waals surface area contributed by atoms with Crippen LogP contribution in [0, 0.1) is 0 Å². The number of hydrogen-bond acceptors (Lipinski definition) is 4. The van der Waals surface area contributed by atoms with E-state index < -0.39 is 14.6 Å². The normalized spacial score (nSPS) is 19.8. The van der Waals surface area contributed by atoms with Gasteiger partial charge in [-0.2, -0.15) is 0 Å². The van der Waals surface area contributed by atoms with Crippen molar-refractivity contribution in [2.45, 2.75) is 51.4 Å². The lowest BCUT2D eigenvalue weighted by molar-refractivity contribution is -0.131. The van der Waals surface area contributed by atoms with Crippen LogP contribution in [0.25, 0.3) is 0 Å². The lowest BCUT2D eigenvalue weighted by Gasteiger charge is -2.39. The Bertz CT molecular complexity index is 861. The van der Waals surface area contributed by atoms with Crippen LogP contribution in [0.3, 0.4) is 0 Å². The van der Waals surface area contributed by atoms with E-state index in [9.17, 15) is 13.2 Å². The van der Waals surface area contributed by atoms with Crippen molar-refractivity contribution in [2.24, 2.45) is 4.99 Å². The molecule has 0 aromatic heterocycles. The fraction of sp³-hybridized carbons (Fsp3) is 0.619. The predicted molar refractivity (Wildman–Crippen MR) is 131 cm³/mol. The number of nitrogens with one attached hydrogen (secondary N) is 1. The van der Waals surface area contributed by atoms with Crippen molar-refractivity contribution in [1.29, 1.82) is 0 Å². The van der Waals surface area contributed by atoms with Crippen molar-refractivity contribution in [3.05, 3.63) is 35.4 Å². The van der Waals surface area contributed by atoms with E-state index >= 15 is 0 Å². The molecule has 0 unspecified atom stereocenters. The first-order chi connectivity index (χ1) is 13.7. The van der Waals surface area contributed by atoms with E-state index in [4.69, 9.17) is 0 Å². The van der Waals surface area contributed by atoms with Crippen LogP contribution < -0.4 is 5.32 Å². The lowest BCUT2D eigenvalue weighted by Crippen LogP contribution is -2.57. The van der Waals surface area contributed by atoms with E-state index in [-0.39, 0.29) is 35.6 Å². The number of aliphatic imine (C=N–C) groups is 1. The topological polar surface area (TPSA) is 82.1 Å². The Morgan fingerprint density at radius 3 is 2.37 bits per heavy atom. The van der Waals surface area contributed by atoms with Crippen LogP contribution in [-0.2, 0) is 27.7 Å². The minimum Gasteiger partial charge on any atom is -0.357 e. The standard InChI is InChI=1S/C21H32N4O3S.HI/c1-4-22-20(24-12-13-29(27,28)21(2,3)16-24)23-11-7-10-19(26)25-14-17-8-5-6-9-18(17)15-25;/h5-6,8-9H,4,7,10-16H2,1-3H3,(H,22,23);1H. The summed E-state index contributed by atoms with van der Waals surface area (Å²) in [6.07, 6.45) is 1.15. The van der Waals surface area contributed by atoms with Gasteiger partial charge in [-0.1, -0.05) is 24.3 Å². The van der Waals surface area contributed by atoms with Crippen LogP contribution in [0.4, 0.5) is 0 Å². The van der Waals surface area contributed by atoms with Crippen molar-refractivity contribution < 1.29 is 13.2 Å². The summed E-state index contributed by atoms with van der Waals surface area (Å²) in [5.74, 6) is 1.03. The van der Waals surface area contributed by atoms with Crippen molar-refractivity contribution in [1.82, 2.24) is 15.1 Å². The minimum atomic E-state index is -3.09. The highest BCUT2D eigenvalue weighted by molar-refractivity contribution is 14.0. The quantitative estimate of drug-likeness (QED) is 0.265. The Morgan fingerprint density at radius 2 is 1.80 bits per heavy atom. The molecule has 2 aliphatic heterocycles. The van der Waals surface area contributed by atoms with E-state index in [0.717, 1.165) is 5.96 Å². The van der Waals surface area contributed by atoms with Crippen LogP contribution in [0.5, 0.6) is 0 Å². The molecule has 7 nitrogen and oxygen atoms in total. The Labute approximate surface area is 197 Å². The molecule has 0 saturated carbocycles. The number of amides is 1. The minimum absolute atomic E-state index is 0. The van der Waals surface area contributed by atoms with Gasteiger partial charge in [-0.05, 0) is 38.3 Å². The summed E-state index contributed by atoms with van der Waals surface area (Å²) in [6.45, 7) is 9.04. The molecule has 0 atom stereocenters. The first kappa shape index (κ1) is 24.9. The number of nitrogens with zero attached hydrogens (tertiary/aromatic N) is 3. The number of carbonyl (C=O) groups excluding carboxylic acids is 1. The molecule has 1 aromatic carbocycles. The highest BCUT2D eigenvalue weighted by Gasteiger charge is 2.40. The molecule has 0 radical (unpaired) electrons. The molecule has 1 aromatic rings. The van der Waals surface area contributed by atoms with Crippen molar-refractivity contribution in [3.8, 4) is 0 Å². The monoisotopic (exact) mass is 548 g/mol. The van der Waals surface area contributed by atoms with E-state index in [0.29, 0.717) is 52.1 Å². The molecule has 0 bridgehead atoms. The summed E-state index contributed by atoms with van der Waals surface area (Å²) in [5.41, 5.74) is 2.46. The van der Waals surface area contributed by atoms with Gasteiger partial charge >= 0.3 is 0 Å². The fourth-order valence-electron chi connectivity index (χ4n) is 3.83. The second-order valence-electron chi connectivity index (χ2n) is 8.36. The highest BCUT2D eigenvalue weighted by atomic mass is 127. The molecule has 3 rings (SSSR count). The molecular formula is C21H33IN4O3S. The molecule has 1 N–H and O–H groups in total. The second kappa shape index (κ2) is 10.3. The summed E-state index contributed by atoms with van der Waals surface area (Å²) in [5, 5.41) is 3.26. The number of guanidine groups is 1. The average molecular weight is 548 g/mol. The maximum absolute atomic E-state index is 12.5. The number of halogens is 1. The average Bonchev–Trinajstić information content (AvgIpc) is 3.11. The first-order valence-electron chi connectivity index (χ1n) is 10.3. The zero-order valence-electron chi connectivity index (χ0n) is 18.1. The molecular weight excluding hydrogens is 515 g/mol. The summed E-state index contributed by atoms with van der Waals surface area (Å²) >= 11 is 0. The third-order valence-electron chi connectivity index (χ3n) is 5.68. The molecule has 30 heavy (non-hydrogen) atoms. The van der Waals surface area contributed by atoms with Gasteiger partial charge in [0.05, 0.1) is 10.5 Å². The molecule has 9 heteroatoms. The largest absolute Gasteiger partial charge is 0.357 e. The van der Waals surface area contributed by atoms with Gasteiger partial charge in [0.25, 0.3) is 0 Å². The fourth-order valence-corrected chi connectivity index (χ4v) is 5.20. The van der Waals surface area contributed by atoms with Gasteiger partial charge in [0.1, 0.15) is 0 Å². The maximum atomic E-state index is 12.5. The van der Waals surface area contributed by atoms with Gasteiger partial charge in [0.2, 0.25) is 5.91 Å². The lowest BCUT2D eigenvalue weighted by atomic mass is 10.1. The number of fused-ring (bicyclic) bond motifs is 1. The number of benzene rings is 1. The van der Waals surface area contributed by atoms with E-state index in [1.807, 2.05) is 28.9 Å². The van der Waals surface area contributed by atoms with E-state index in [1.54, 1.807) is 13.8 Å². The molecule has 2 aliphatic rings. The molecule has 1 fully saturated rings. The summed E-state index contributed by atoms with van der Waals surface area (Å²) < 4.78 is 23.7. The highest BCUT2D eigenvalue weighted by Crippen LogP contribution is 2.24. The Balaban J connectivity index is 0.00000320. The van der Waals surface area contributed by atoms with Gasteiger partial charge in [-0.3, -0.25) is 9.79 Å². The third-order valence-corrected chi connectivity index (χ3v) is 8.21.